The van der Waals surface area contributed by atoms with Crippen molar-refractivity contribution in [2.45, 2.75) is 25.6 Å². The third-order valence-electron chi connectivity index (χ3n) is 4.69. The van der Waals surface area contributed by atoms with Crippen molar-refractivity contribution in [2.24, 2.45) is 10.1 Å². The van der Waals surface area contributed by atoms with Gasteiger partial charge in [0.15, 0.2) is 5.66 Å². The summed E-state index contributed by atoms with van der Waals surface area (Å²) in [7, 11) is 1.59. The van der Waals surface area contributed by atoms with E-state index in [1.54, 1.807) is 63.6 Å². The lowest BCUT2D eigenvalue weighted by atomic mass is 9.98. The van der Waals surface area contributed by atoms with Crippen LogP contribution in [0.3, 0.4) is 0 Å². The van der Waals surface area contributed by atoms with Crippen LogP contribution in [-0.4, -0.2) is 46.4 Å². The first kappa shape index (κ1) is 19.2. The van der Waals surface area contributed by atoms with E-state index in [4.69, 9.17) is 4.74 Å². The maximum atomic E-state index is 11.7. The lowest BCUT2D eigenvalue weighted by Gasteiger charge is -2.38. The number of nitrogens with zero attached hydrogens (tertiary/aromatic N) is 3. The quantitative estimate of drug-likeness (QED) is 0.686. The number of ether oxygens (including phenoxy) is 1. The Morgan fingerprint density at radius 3 is 2.57 bits per heavy atom. The highest BCUT2D eigenvalue weighted by Gasteiger charge is 2.46. The van der Waals surface area contributed by atoms with Gasteiger partial charge in [0, 0.05) is 11.8 Å². The number of aliphatic carboxylic acids is 1. The molecule has 2 aromatic rings. The SMILES string of the molecule is COc1ccc(/C=N/C2=NNC(C)(c3ccccc3O)N2C(C)C(=O)O)cc1. The highest BCUT2D eigenvalue weighted by molar-refractivity contribution is 5.96. The minimum atomic E-state index is -1.07. The number of carboxylic acids is 1. The van der Waals surface area contributed by atoms with Crippen LogP contribution in [-0.2, 0) is 10.5 Å². The van der Waals surface area contributed by atoms with E-state index < -0.39 is 17.7 Å². The number of phenolic OH excluding ortho intramolecular Hbond substituents is 1. The van der Waals surface area contributed by atoms with Gasteiger partial charge in [-0.2, -0.15) is 0 Å². The van der Waals surface area contributed by atoms with Crippen molar-refractivity contribution in [1.29, 1.82) is 0 Å². The number of hydrogen-bond donors (Lipinski definition) is 3. The number of nitrogens with one attached hydrogen (secondary N) is 1. The Labute approximate surface area is 162 Å². The van der Waals surface area contributed by atoms with Crippen molar-refractivity contribution in [2.75, 3.05) is 7.11 Å². The average molecular weight is 382 g/mol. The molecule has 0 bridgehead atoms. The monoisotopic (exact) mass is 382 g/mol. The highest BCUT2D eigenvalue weighted by Crippen LogP contribution is 2.36. The number of guanidine groups is 1. The number of carbonyl (C=O) groups is 1. The fraction of sp³-hybridized carbons (Fsp3) is 0.250. The minimum Gasteiger partial charge on any atom is -0.508 e. The van der Waals surface area contributed by atoms with Crippen LogP contribution < -0.4 is 10.2 Å². The number of hydrogen-bond acceptors (Lipinski definition) is 7. The van der Waals surface area contributed by atoms with Gasteiger partial charge in [-0.25, -0.2) is 9.79 Å². The first-order chi connectivity index (χ1) is 13.4. The largest absolute Gasteiger partial charge is 0.508 e. The molecule has 8 nitrogen and oxygen atoms in total. The normalized spacial score (nSPS) is 20.0. The molecule has 28 heavy (non-hydrogen) atoms. The Morgan fingerprint density at radius 2 is 1.96 bits per heavy atom. The van der Waals surface area contributed by atoms with Crippen LogP contribution >= 0.6 is 0 Å². The molecule has 0 spiro atoms. The zero-order chi connectivity index (χ0) is 20.3. The summed E-state index contributed by atoms with van der Waals surface area (Å²) in [5.41, 5.74) is 3.17. The molecule has 1 heterocycles. The Bertz CT molecular complexity index is 926. The van der Waals surface area contributed by atoms with Gasteiger partial charge in [0.25, 0.3) is 0 Å². The molecule has 0 radical (unpaired) electrons. The number of hydrazone groups is 1. The van der Waals surface area contributed by atoms with E-state index in [0.717, 1.165) is 11.3 Å². The number of phenols is 1. The Morgan fingerprint density at radius 1 is 1.29 bits per heavy atom. The smallest absolute Gasteiger partial charge is 0.326 e. The molecule has 0 saturated carbocycles. The van der Waals surface area contributed by atoms with Crippen molar-refractivity contribution < 1.29 is 19.7 Å². The number of methoxy groups -OCH3 is 1. The predicted molar refractivity (Wildman–Crippen MR) is 106 cm³/mol. The summed E-state index contributed by atoms with van der Waals surface area (Å²) >= 11 is 0. The molecule has 146 valence electrons. The molecule has 0 aromatic heterocycles. The van der Waals surface area contributed by atoms with Gasteiger partial charge >= 0.3 is 5.97 Å². The Kier molecular flexibility index (Phi) is 5.21. The number of benzene rings is 2. The first-order valence-electron chi connectivity index (χ1n) is 8.70. The predicted octanol–water partition coefficient (Wildman–Crippen LogP) is 2.34. The second-order valence-electron chi connectivity index (χ2n) is 6.53. The van der Waals surface area contributed by atoms with E-state index in [9.17, 15) is 15.0 Å². The molecule has 1 aliphatic rings. The molecule has 2 atom stereocenters. The molecule has 0 aliphatic carbocycles. The number of aromatic hydroxyl groups is 1. The van der Waals surface area contributed by atoms with Crippen molar-refractivity contribution in [3.8, 4) is 11.5 Å². The van der Waals surface area contributed by atoms with E-state index in [1.807, 2.05) is 12.1 Å². The van der Waals surface area contributed by atoms with E-state index in [1.165, 1.54) is 4.90 Å². The van der Waals surface area contributed by atoms with Crippen LogP contribution in [0.4, 0.5) is 0 Å². The van der Waals surface area contributed by atoms with E-state index in [2.05, 4.69) is 15.5 Å². The third kappa shape index (κ3) is 3.48. The van der Waals surface area contributed by atoms with Crippen LogP contribution in [0.5, 0.6) is 11.5 Å². The summed E-state index contributed by atoms with van der Waals surface area (Å²) in [4.78, 5) is 17.6. The fourth-order valence-electron chi connectivity index (χ4n) is 3.13. The van der Waals surface area contributed by atoms with Gasteiger partial charge in [-0.05, 0) is 49.7 Å². The van der Waals surface area contributed by atoms with Crippen LogP contribution in [0.15, 0.2) is 58.6 Å². The molecule has 0 saturated heterocycles. The van der Waals surface area contributed by atoms with Gasteiger partial charge in [-0.1, -0.05) is 18.2 Å². The van der Waals surface area contributed by atoms with Gasteiger partial charge in [0.05, 0.1) is 7.11 Å². The fourth-order valence-corrected chi connectivity index (χ4v) is 3.13. The lowest BCUT2D eigenvalue weighted by molar-refractivity contribution is -0.143. The molecule has 1 aliphatic heterocycles. The minimum absolute atomic E-state index is 0.0377. The molecule has 3 rings (SSSR count). The van der Waals surface area contributed by atoms with Crippen molar-refractivity contribution >= 4 is 18.1 Å². The van der Waals surface area contributed by atoms with Gasteiger partial charge in [0.2, 0.25) is 5.96 Å². The van der Waals surface area contributed by atoms with Gasteiger partial charge < -0.3 is 14.9 Å². The van der Waals surface area contributed by atoms with Crippen molar-refractivity contribution in [3.63, 3.8) is 0 Å². The number of para-hydroxylation sites is 1. The summed E-state index contributed by atoms with van der Waals surface area (Å²) in [6, 6.07) is 13.1. The molecule has 3 N–H and O–H groups in total. The topological polar surface area (TPSA) is 107 Å². The van der Waals surface area contributed by atoms with E-state index in [0.29, 0.717) is 5.56 Å². The maximum Gasteiger partial charge on any atom is 0.326 e. The second-order valence-corrected chi connectivity index (χ2v) is 6.53. The molecule has 0 fully saturated rings. The zero-order valence-electron chi connectivity index (χ0n) is 15.8. The van der Waals surface area contributed by atoms with Gasteiger partial charge in [0.1, 0.15) is 17.5 Å². The van der Waals surface area contributed by atoms with Gasteiger partial charge in [-0.3, -0.25) is 10.3 Å². The Balaban J connectivity index is 1.95. The number of rotatable bonds is 5. The lowest BCUT2D eigenvalue weighted by Crippen LogP contribution is -2.55. The average Bonchev–Trinajstić information content (AvgIpc) is 3.03. The van der Waals surface area contributed by atoms with E-state index in [-0.39, 0.29) is 11.7 Å². The standard InChI is InChI=1S/C20H22N4O4/c1-13(18(26)27)24-19(21-12-14-8-10-15(28-3)11-9-14)22-23-20(24,2)16-6-4-5-7-17(16)25/h4-13,23,25H,1-3H3,(H,26,27)/b21-12+. The van der Waals surface area contributed by atoms with Crippen LogP contribution in [0, 0.1) is 0 Å². The molecule has 2 unspecified atom stereocenters. The summed E-state index contributed by atoms with van der Waals surface area (Å²) in [6.45, 7) is 3.30. The van der Waals surface area contributed by atoms with E-state index >= 15 is 0 Å². The van der Waals surface area contributed by atoms with Crippen molar-refractivity contribution in [3.05, 3.63) is 59.7 Å². The Hall–Kier alpha value is -3.55. The maximum absolute atomic E-state index is 11.7. The van der Waals surface area contributed by atoms with Crippen molar-refractivity contribution in [1.82, 2.24) is 10.3 Å². The molecule has 0 amide bonds. The molecular weight excluding hydrogens is 360 g/mol. The summed E-state index contributed by atoms with van der Waals surface area (Å²) < 4.78 is 5.13. The van der Waals surface area contributed by atoms with Crippen LogP contribution in [0.1, 0.15) is 25.0 Å². The van der Waals surface area contributed by atoms with Gasteiger partial charge in [-0.15, -0.1) is 5.10 Å². The van der Waals surface area contributed by atoms with Crippen LogP contribution in [0.2, 0.25) is 0 Å². The molecular formula is C20H22N4O4. The number of carboxylic acid groups (broad SMARTS) is 1. The number of aliphatic imine (C=N–C) groups is 1. The molecule has 8 heteroatoms. The van der Waals surface area contributed by atoms with Crippen LogP contribution in [0.25, 0.3) is 0 Å². The zero-order valence-corrected chi connectivity index (χ0v) is 15.8. The summed E-state index contributed by atoms with van der Waals surface area (Å²) in [6.07, 6.45) is 1.60. The third-order valence-corrected chi connectivity index (χ3v) is 4.69. The first-order valence-corrected chi connectivity index (χ1v) is 8.70. The highest BCUT2D eigenvalue weighted by atomic mass is 16.5. The molecule has 2 aromatic carbocycles. The summed E-state index contributed by atoms with van der Waals surface area (Å²) in [5, 5.41) is 24.1. The second kappa shape index (κ2) is 7.59. The summed E-state index contributed by atoms with van der Waals surface area (Å²) in [5.74, 6) is -0.0601.